The van der Waals surface area contributed by atoms with Crippen LogP contribution in [0.1, 0.15) is 10.4 Å². The molecule has 0 radical (unpaired) electrons. The van der Waals surface area contributed by atoms with Gasteiger partial charge in [-0.3, -0.25) is 9.59 Å². The highest BCUT2D eigenvalue weighted by molar-refractivity contribution is 14.1. The van der Waals surface area contributed by atoms with Crippen molar-refractivity contribution in [1.29, 1.82) is 0 Å². The summed E-state index contributed by atoms with van der Waals surface area (Å²) in [6.45, 7) is 0. The predicted octanol–water partition coefficient (Wildman–Crippen LogP) is 2.37. The smallest absolute Gasteiger partial charge is 0.257 e. The number of pyridine rings is 1. The number of halogens is 2. The normalized spacial score (nSPS) is 10.1. The Hall–Kier alpha value is -1.70. The molecule has 0 fully saturated rings. The average Bonchev–Trinajstić information content (AvgIpc) is 2.33. The second-order valence-corrected chi connectivity index (χ2v) is 4.68. The Bertz CT molecular complexity index is 634. The first kappa shape index (κ1) is 12.7. The zero-order chi connectivity index (χ0) is 13.1. The van der Waals surface area contributed by atoms with Crippen molar-refractivity contribution in [2.75, 3.05) is 5.32 Å². The molecule has 1 aromatic heterocycles. The highest BCUT2D eigenvalue weighted by atomic mass is 127. The van der Waals surface area contributed by atoms with Gasteiger partial charge in [0.25, 0.3) is 5.91 Å². The molecule has 0 aliphatic rings. The number of benzene rings is 1. The van der Waals surface area contributed by atoms with E-state index in [2.05, 4.69) is 10.3 Å². The summed E-state index contributed by atoms with van der Waals surface area (Å²) in [5.74, 6) is -0.725. The van der Waals surface area contributed by atoms with Crippen molar-refractivity contribution < 1.29 is 9.18 Å². The molecule has 0 saturated heterocycles. The first-order valence-corrected chi connectivity index (χ1v) is 6.09. The molecule has 0 atom stereocenters. The molecule has 1 aromatic carbocycles. The zero-order valence-electron chi connectivity index (χ0n) is 9.04. The number of hydrogen-bond donors (Lipinski definition) is 2. The van der Waals surface area contributed by atoms with Gasteiger partial charge < -0.3 is 10.3 Å². The molecule has 1 amide bonds. The maximum Gasteiger partial charge on any atom is 0.257 e. The summed E-state index contributed by atoms with van der Waals surface area (Å²) in [4.78, 5) is 25.1. The summed E-state index contributed by atoms with van der Waals surface area (Å²) in [7, 11) is 0. The first-order chi connectivity index (χ1) is 8.56. The first-order valence-electron chi connectivity index (χ1n) is 5.01. The Balaban J connectivity index is 2.21. The van der Waals surface area contributed by atoms with Crippen LogP contribution < -0.4 is 10.9 Å². The third-order valence-corrected chi connectivity index (χ3v) is 3.12. The molecule has 1 heterocycles. The molecule has 2 rings (SSSR count). The number of aromatic nitrogens is 1. The van der Waals surface area contributed by atoms with E-state index in [1.165, 1.54) is 36.5 Å². The third kappa shape index (κ3) is 2.95. The lowest BCUT2D eigenvalue weighted by atomic mass is 10.2. The van der Waals surface area contributed by atoms with Crippen LogP contribution in [0.3, 0.4) is 0 Å². The van der Waals surface area contributed by atoms with Gasteiger partial charge in [0.05, 0.1) is 11.3 Å². The van der Waals surface area contributed by atoms with Crippen LogP contribution in [0.15, 0.2) is 41.3 Å². The molecule has 0 saturated carbocycles. The number of carbonyl (C=O) groups excluding carboxylic acids is 1. The molecule has 92 valence electrons. The van der Waals surface area contributed by atoms with Crippen LogP contribution >= 0.6 is 22.6 Å². The SMILES string of the molecule is O=C(Nc1ccc(F)cc1I)c1ccc(=O)[nH]c1. The van der Waals surface area contributed by atoms with Gasteiger partial charge in [0.2, 0.25) is 5.56 Å². The van der Waals surface area contributed by atoms with Crippen LogP contribution in [0.4, 0.5) is 10.1 Å². The molecule has 4 nitrogen and oxygen atoms in total. The van der Waals surface area contributed by atoms with Crippen LogP contribution in [0.2, 0.25) is 0 Å². The monoisotopic (exact) mass is 358 g/mol. The molecule has 0 unspecified atom stereocenters. The Labute approximate surface area is 115 Å². The van der Waals surface area contributed by atoms with Gasteiger partial charge in [0.15, 0.2) is 0 Å². The Morgan fingerprint density at radius 1 is 1.28 bits per heavy atom. The highest BCUT2D eigenvalue weighted by Gasteiger charge is 2.08. The second kappa shape index (κ2) is 5.30. The van der Waals surface area contributed by atoms with E-state index >= 15 is 0 Å². The summed E-state index contributed by atoms with van der Waals surface area (Å²) in [5, 5.41) is 2.64. The summed E-state index contributed by atoms with van der Waals surface area (Å²) in [6, 6.07) is 6.77. The third-order valence-electron chi connectivity index (χ3n) is 2.23. The van der Waals surface area contributed by atoms with Crippen LogP contribution in [0.25, 0.3) is 0 Å². The van der Waals surface area contributed by atoms with Crippen molar-refractivity contribution >= 4 is 34.2 Å². The minimum Gasteiger partial charge on any atom is -0.328 e. The lowest BCUT2D eigenvalue weighted by Gasteiger charge is -2.07. The Morgan fingerprint density at radius 3 is 2.67 bits per heavy atom. The number of rotatable bonds is 2. The minimum atomic E-state index is -0.365. The molecule has 0 bridgehead atoms. The van der Waals surface area contributed by atoms with Crippen LogP contribution in [-0.4, -0.2) is 10.9 Å². The summed E-state index contributed by atoms with van der Waals surface area (Å²) >= 11 is 1.93. The van der Waals surface area contributed by atoms with Gasteiger partial charge in [-0.1, -0.05) is 0 Å². The predicted molar refractivity (Wildman–Crippen MR) is 74.1 cm³/mol. The standard InChI is InChI=1S/C12H8FIN2O2/c13-8-2-3-10(9(14)5-8)16-12(18)7-1-4-11(17)15-6-7/h1-6H,(H,15,17)(H,16,18). The topological polar surface area (TPSA) is 62.0 Å². The van der Waals surface area contributed by atoms with Crippen molar-refractivity contribution in [3.63, 3.8) is 0 Å². The minimum absolute atomic E-state index is 0.275. The maximum atomic E-state index is 12.9. The quantitative estimate of drug-likeness (QED) is 0.810. The number of aromatic amines is 1. The molecule has 6 heteroatoms. The summed E-state index contributed by atoms with van der Waals surface area (Å²) in [5.41, 5.74) is 0.575. The number of nitrogens with one attached hydrogen (secondary N) is 2. The molecule has 0 aliphatic carbocycles. The fraction of sp³-hybridized carbons (Fsp3) is 0. The molecule has 2 aromatic rings. The molecule has 2 N–H and O–H groups in total. The van der Waals surface area contributed by atoms with Crippen molar-refractivity contribution in [2.45, 2.75) is 0 Å². The Kier molecular flexibility index (Phi) is 3.75. The van der Waals surface area contributed by atoms with E-state index in [-0.39, 0.29) is 17.3 Å². The fourth-order valence-electron chi connectivity index (χ4n) is 1.34. The highest BCUT2D eigenvalue weighted by Crippen LogP contribution is 2.19. The van der Waals surface area contributed by atoms with Crippen LogP contribution in [-0.2, 0) is 0 Å². The van der Waals surface area contributed by atoms with Gasteiger partial charge in [0, 0.05) is 15.8 Å². The van der Waals surface area contributed by atoms with Gasteiger partial charge >= 0.3 is 0 Å². The van der Waals surface area contributed by atoms with E-state index in [9.17, 15) is 14.0 Å². The van der Waals surface area contributed by atoms with Crippen LogP contribution in [0, 0.1) is 9.39 Å². The van der Waals surface area contributed by atoms with Gasteiger partial charge in [-0.25, -0.2) is 4.39 Å². The van der Waals surface area contributed by atoms with E-state index in [0.29, 0.717) is 14.8 Å². The van der Waals surface area contributed by atoms with E-state index in [1.807, 2.05) is 22.6 Å². The van der Waals surface area contributed by atoms with Crippen molar-refractivity contribution in [2.24, 2.45) is 0 Å². The van der Waals surface area contributed by atoms with E-state index in [1.54, 1.807) is 0 Å². The van der Waals surface area contributed by atoms with E-state index in [0.717, 1.165) is 0 Å². The van der Waals surface area contributed by atoms with Gasteiger partial charge in [-0.05, 0) is 46.9 Å². The summed E-state index contributed by atoms with van der Waals surface area (Å²) < 4.78 is 13.5. The van der Waals surface area contributed by atoms with Gasteiger partial charge in [-0.2, -0.15) is 0 Å². The number of carbonyl (C=O) groups is 1. The number of anilines is 1. The van der Waals surface area contributed by atoms with Gasteiger partial charge in [-0.15, -0.1) is 0 Å². The van der Waals surface area contributed by atoms with E-state index in [4.69, 9.17) is 0 Å². The number of hydrogen-bond acceptors (Lipinski definition) is 2. The van der Waals surface area contributed by atoms with Crippen molar-refractivity contribution in [3.05, 3.63) is 61.8 Å². The number of H-pyrrole nitrogens is 1. The number of amides is 1. The molecular weight excluding hydrogens is 350 g/mol. The Morgan fingerprint density at radius 2 is 2.06 bits per heavy atom. The largest absolute Gasteiger partial charge is 0.328 e. The molecule has 0 spiro atoms. The maximum absolute atomic E-state index is 12.9. The van der Waals surface area contributed by atoms with Crippen LogP contribution in [0.5, 0.6) is 0 Å². The molecule has 0 aliphatic heterocycles. The summed E-state index contributed by atoms with van der Waals surface area (Å²) in [6.07, 6.45) is 1.33. The lowest BCUT2D eigenvalue weighted by Crippen LogP contribution is -2.15. The average molecular weight is 358 g/mol. The molecular formula is C12H8FIN2O2. The van der Waals surface area contributed by atoms with Crippen molar-refractivity contribution in [1.82, 2.24) is 4.98 Å². The molecule has 18 heavy (non-hydrogen) atoms. The zero-order valence-corrected chi connectivity index (χ0v) is 11.2. The fourth-order valence-corrected chi connectivity index (χ4v) is 1.95. The van der Waals surface area contributed by atoms with Crippen molar-refractivity contribution in [3.8, 4) is 0 Å². The second-order valence-electron chi connectivity index (χ2n) is 3.52. The van der Waals surface area contributed by atoms with Gasteiger partial charge in [0.1, 0.15) is 5.82 Å². The van der Waals surface area contributed by atoms with E-state index < -0.39 is 0 Å². The lowest BCUT2D eigenvalue weighted by molar-refractivity contribution is 0.102.